The van der Waals surface area contributed by atoms with Gasteiger partial charge in [-0.3, -0.25) is 4.79 Å². The molecule has 2 atom stereocenters. The number of ether oxygens (including phenoxy) is 1. The zero-order valence-electron chi connectivity index (χ0n) is 12.1. The average molecular weight is 297 g/mol. The zero-order valence-corrected chi connectivity index (χ0v) is 12.8. The lowest BCUT2D eigenvalue weighted by molar-refractivity contribution is -0.111. The third kappa shape index (κ3) is 2.63. The normalized spacial score (nSPS) is 24.0. The summed E-state index contributed by atoms with van der Waals surface area (Å²) in [7, 11) is 0. The van der Waals surface area contributed by atoms with Crippen LogP contribution < -0.4 is 11.1 Å². The summed E-state index contributed by atoms with van der Waals surface area (Å²) in [4.78, 5) is 12.3. The minimum absolute atomic E-state index is 0.0715. The van der Waals surface area contributed by atoms with Gasteiger partial charge in [0.2, 0.25) is 0 Å². The number of hydrogen-bond acceptors (Lipinski definition) is 3. The Hall–Kier alpha value is -1.26. The predicted molar refractivity (Wildman–Crippen MR) is 80.9 cm³/mol. The molecule has 5 heteroatoms. The first-order valence-corrected chi connectivity index (χ1v) is 7.22. The fourth-order valence-corrected chi connectivity index (χ4v) is 2.89. The standard InChI is InChI=1S/C15H21ClN2O2/c1-4-20-12-8-11(15(12,2)3)18-14(19)13-9(16)6-5-7-10(13)17/h5-7,11-12H,4,8,17H2,1-3H3,(H,18,19). The summed E-state index contributed by atoms with van der Waals surface area (Å²) in [6, 6.07) is 5.15. The van der Waals surface area contributed by atoms with E-state index in [2.05, 4.69) is 19.2 Å². The Morgan fingerprint density at radius 2 is 2.25 bits per heavy atom. The number of nitrogen functional groups attached to an aromatic ring is 1. The highest BCUT2D eigenvalue weighted by atomic mass is 35.5. The molecule has 110 valence electrons. The van der Waals surface area contributed by atoms with Gasteiger partial charge in [0.25, 0.3) is 5.91 Å². The second-order valence-corrected chi connectivity index (χ2v) is 6.14. The van der Waals surface area contributed by atoms with Crippen molar-refractivity contribution in [2.24, 2.45) is 5.41 Å². The van der Waals surface area contributed by atoms with Crippen molar-refractivity contribution in [2.75, 3.05) is 12.3 Å². The van der Waals surface area contributed by atoms with E-state index in [-0.39, 0.29) is 23.5 Å². The third-order valence-corrected chi connectivity index (χ3v) is 4.44. The van der Waals surface area contributed by atoms with Crippen LogP contribution in [0.1, 0.15) is 37.6 Å². The summed E-state index contributed by atoms with van der Waals surface area (Å²) in [6.07, 6.45) is 0.998. The van der Waals surface area contributed by atoms with E-state index in [9.17, 15) is 4.79 Å². The highest BCUT2D eigenvalue weighted by molar-refractivity contribution is 6.34. The van der Waals surface area contributed by atoms with Crippen LogP contribution in [0.3, 0.4) is 0 Å². The molecule has 4 nitrogen and oxygen atoms in total. The van der Waals surface area contributed by atoms with Gasteiger partial charge in [-0.2, -0.15) is 0 Å². The van der Waals surface area contributed by atoms with Crippen LogP contribution in [0.5, 0.6) is 0 Å². The van der Waals surface area contributed by atoms with Crippen LogP contribution in [0.2, 0.25) is 5.02 Å². The minimum atomic E-state index is -0.221. The van der Waals surface area contributed by atoms with Crippen LogP contribution in [0.25, 0.3) is 0 Å². The molecule has 2 unspecified atom stereocenters. The van der Waals surface area contributed by atoms with Crippen LogP contribution in [-0.4, -0.2) is 24.7 Å². The van der Waals surface area contributed by atoms with E-state index < -0.39 is 0 Å². The van der Waals surface area contributed by atoms with Crippen LogP contribution >= 0.6 is 11.6 Å². The molecule has 2 rings (SSSR count). The Labute approximate surface area is 124 Å². The van der Waals surface area contributed by atoms with Crippen LogP contribution in [-0.2, 0) is 4.74 Å². The van der Waals surface area contributed by atoms with E-state index in [0.29, 0.717) is 22.9 Å². The van der Waals surface area contributed by atoms with Crippen molar-refractivity contribution in [1.29, 1.82) is 0 Å². The number of nitrogens with one attached hydrogen (secondary N) is 1. The molecular weight excluding hydrogens is 276 g/mol. The highest BCUT2D eigenvalue weighted by Gasteiger charge is 2.49. The monoisotopic (exact) mass is 296 g/mol. The molecule has 1 fully saturated rings. The van der Waals surface area contributed by atoms with Crippen molar-refractivity contribution in [2.45, 2.75) is 39.3 Å². The largest absolute Gasteiger partial charge is 0.398 e. The Balaban J connectivity index is 2.07. The second kappa shape index (κ2) is 5.62. The van der Waals surface area contributed by atoms with E-state index in [1.807, 2.05) is 6.92 Å². The number of benzene rings is 1. The summed E-state index contributed by atoms with van der Waals surface area (Å²) >= 11 is 6.05. The molecule has 0 saturated heterocycles. The van der Waals surface area contributed by atoms with Crippen LogP contribution in [0, 0.1) is 5.41 Å². The maximum atomic E-state index is 12.3. The van der Waals surface area contributed by atoms with Crippen LogP contribution in [0.4, 0.5) is 5.69 Å². The Bertz CT molecular complexity index is 496. The molecule has 0 aromatic heterocycles. The summed E-state index contributed by atoms with van der Waals surface area (Å²) in [5.41, 5.74) is 6.50. The molecule has 3 N–H and O–H groups in total. The van der Waals surface area contributed by atoms with Crippen molar-refractivity contribution in [3.8, 4) is 0 Å². The first-order valence-electron chi connectivity index (χ1n) is 6.84. The molecule has 1 amide bonds. The smallest absolute Gasteiger partial charge is 0.255 e. The number of rotatable bonds is 4. The van der Waals surface area contributed by atoms with Crippen LogP contribution in [0.15, 0.2) is 18.2 Å². The van der Waals surface area contributed by atoms with Gasteiger partial charge < -0.3 is 15.8 Å². The molecule has 0 radical (unpaired) electrons. The van der Waals surface area contributed by atoms with E-state index in [0.717, 1.165) is 6.42 Å². The maximum absolute atomic E-state index is 12.3. The number of amides is 1. The Morgan fingerprint density at radius 1 is 1.55 bits per heavy atom. The average Bonchev–Trinajstić information content (AvgIpc) is 2.37. The van der Waals surface area contributed by atoms with Gasteiger partial charge in [-0.25, -0.2) is 0 Å². The molecule has 1 aliphatic carbocycles. The fraction of sp³-hybridized carbons (Fsp3) is 0.533. The van der Waals surface area contributed by atoms with E-state index in [1.165, 1.54) is 0 Å². The lowest BCUT2D eigenvalue weighted by atomic mass is 9.64. The van der Waals surface area contributed by atoms with Gasteiger partial charge >= 0.3 is 0 Å². The number of carbonyl (C=O) groups is 1. The number of carbonyl (C=O) groups excluding carboxylic acids is 1. The summed E-state index contributed by atoms with van der Waals surface area (Å²) in [5.74, 6) is -0.221. The molecule has 0 aliphatic heterocycles. The van der Waals surface area contributed by atoms with E-state index >= 15 is 0 Å². The molecule has 1 aromatic rings. The van der Waals surface area contributed by atoms with Gasteiger partial charge in [0.15, 0.2) is 0 Å². The zero-order chi connectivity index (χ0) is 14.9. The van der Waals surface area contributed by atoms with Gasteiger partial charge in [-0.05, 0) is 25.5 Å². The number of nitrogens with two attached hydrogens (primary N) is 1. The third-order valence-electron chi connectivity index (χ3n) is 4.12. The maximum Gasteiger partial charge on any atom is 0.255 e. The molecular formula is C15H21ClN2O2. The Morgan fingerprint density at radius 3 is 2.80 bits per heavy atom. The fourth-order valence-electron chi connectivity index (χ4n) is 2.63. The van der Waals surface area contributed by atoms with Gasteiger partial charge in [0, 0.05) is 23.8 Å². The second-order valence-electron chi connectivity index (χ2n) is 5.73. The number of hydrogen-bond donors (Lipinski definition) is 2. The summed E-state index contributed by atoms with van der Waals surface area (Å²) in [6.45, 7) is 6.86. The Kier molecular flexibility index (Phi) is 4.25. The van der Waals surface area contributed by atoms with Crippen molar-refractivity contribution >= 4 is 23.2 Å². The summed E-state index contributed by atoms with van der Waals surface area (Å²) in [5, 5.41) is 3.39. The number of anilines is 1. The lowest BCUT2D eigenvalue weighted by Gasteiger charge is -2.51. The molecule has 0 bridgehead atoms. The minimum Gasteiger partial charge on any atom is -0.398 e. The van der Waals surface area contributed by atoms with Crippen molar-refractivity contribution in [3.05, 3.63) is 28.8 Å². The molecule has 1 saturated carbocycles. The molecule has 1 aliphatic rings. The van der Waals surface area contributed by atoms with Crippen molar-refractivity contribution in [3.63, 3.8) is 0 Å². The quantitative estimate of drug-likeness (QED) is 0.840. The van der Waals surface area contributed by atoms with Crippen molar-refractivity contribution < 1.29 is 9.53 Å². The molecule has 1 aromatic carbocycles. The van der Waals surface area contributed by atoms with E-state index in [4.69, 9.17) is 22.1 Å². The topological polar surface area (TPSA) is 64.3 Å². The highest BCUT2D eigenvalue weighted by Crippen LogP contribution is 2.43. The first kappa shape index (κ1) is 15.1. The van der Waals surface area contributed by atoms with Crippen molar-refractivity contribution in [1.82, 2.24) is 5.32 Å². The van der Waals surface area contributed by atoms with Gasteiger partial charge in [0.1, 0.15) is 0 Å². The van der Waals surface area contributed by atoms with Gasteiger partial charge in [-0.1, -0.05) is 31.5 Å². The summed E-state index contributed by atoms with van der Waals surface area (Å²) < 4.78 is 5.66. The lowest BCUT2D eigenvalue weighted by Crippen LogP contribution is -2.62. The molecule has 0 spiro atoms. The molecule has 0 heterocycles. The predicted octanol–water partition coefficient (Wildman–Crippen LogP) is 2.86. The van der Waals surface area contributed by atoms with Gasteiger partial charge in [0.05, 0.1) is 16.7 Å². The molecule has 20 heavy (non-hydrogen) atoms. The first-order chi connectivity index (χ1) is 9.37. The number of halogens is 1. The SMILES string of the molecule is CCOC1CC(NC(=O)c2c(N)cccc2Cl)C1(C)C. The van der Waals surface area contributed by atoms with E-state index in [1.54, 1.807) is 18.2 Å². The van der Waals surface area contributed by atoms with Gasteiger partial charge in [-0.15, -0.1) is 0 Å².